The molecule has 0 heterocycles. The number of hydrogen-bond donors (Lipinski definition) is 1. The van der Waals surface area contributed by atoms with Gasteiger partial charge in [0.05, 0.1) is 4.92 Å². The minimum absolute atomic E-state index is 0.0876. The molecule has 1 unspecified atom stereocenters. The van der Waals surface area contributed by atoms with E-state index in [1.54, 1.807) is 13.0 Å². The van der Waals surface area contributed by atoms with E-state index in [9.17, 15) is 14.9 Å². The fourth-order valence-electron chi connectivity index (χ4n) is 2.03. The van der Waals surface area contributed by atoms with Crippen LogP contribution >= 0.6 is 11.6 Å². The first-order valence-corrected chi connectivity index (χ1v) is 7.32. The molecule has 0 aromatic heterocycles. The van der Waals surface area contributed by atoms with E-state index in [0.717, 1.165) is 0 Å². The van der Waals surface area contributed by atoms with Gasteiger partial charge in [-0.25, -0.2) is 0 Å². The van der Waals surface area contributed by atoms with Gasteiger partial charge in [-0.2, -0.15) is 0 Å². The highest BCUT2D eigenvalue weighted by atomic mass is 35.5. The number of hydrogen-bond acceptors (Lipinski definition) is 3. The number of non-ortho nitro benzene ring substituents is 1. The molecule has 116 valence electrons. The summed E-state index contributed by atoms with van der Waals surface area (Å²) < 4.78 is 0. The zero-order chi connectivity index (χ0) is 16.2. The molecule has 0 radical (unpaired) electrons. The highest BCUT2D eigenvalue weighted by Crippen LogP contribution is 2.24. The summed E-state index contributed by atoms with van der Waals surface area (Å²) in [6.45, 7) is 7.81. The molecule has 1 aromatic rings. The highest BCUT2D eigenvalue weighted by molar-refractivity contribution is 6.17. The lowest BCUT2D eigenvalue weighted by molar-refractivity contribution is -0.384. The Morgan fingerprint density at radius 3 is 2.52 bits per heavy atom. The number of aryl methyl sites for hydroxylation is 1. The first kappa shape index (κ1) is 17.4. The van der Waals surface area contributed by atoms with Crippen molar-refractivity contribution in [3.8, 4) is 0 Å². The van der Waals surface area contributed by atoms with E-state index >= 15 is 0 Å². The van der Waals surface area contributed by atoms with Crippen molar-refractivity contribution in [2.24, 2.45) is 5.41 Å². The third-order valence-electron chi connectivity index (χ3n) is 3.43. The maximum Gasteiger partial charge on any atom is 0.270 e. The van der Waals surface area contributed by atoms with Crippen molar-refractivity contribution < 1.29 is 9.72 Å². The van der Waals surface area contributed by atoms with Crippen molar-refractivity contribution in [3.63, 3.8) is 0 Å². The molecule has 1 atom stereocenters. The van der Waals surface area contributed by atoms with Gasteiger partial charge < -0.3 is 5.32 Å². The van der Waals surface area contributed by atoms with Gasteiger partial charge in [0, 0.05) is 29.6 Å². The second-order valence-electron chi connectivity index (χ2n) is 6.13. The van der Waals surface area contributed by atoms with Crippen LogP contribution in [0, 0.1) is 22.5 Å². The molecule has 0 aliphatic heterocycles. The number of benzene rings is 1. The predicted molar refractivity (Wildman–Crippen MR) is 83.9 cm³/mol. The average molecular weight is 313 g/mol. The predicted octanol–water partition coefficient (Wildman–Crippen LogP) is 3.68. The normalized spacial score (nSPS) is 12.8. The minimum atomic E-state index is -0.504. The number of carbonyl (C=O) groups excluding carboxylic acids is 1. The molecule has 0 fully saturated rings. The molecule has 0 saturated heterocycles. The fourth-order valence-corrected chi connectivity index (χ4v) is 2.25. The van der Waals surface area contributed by atoms with Gasteiger partial charge in [-0.1, -0.05) is 26.8 Å². The zero-order valence-electron chi connectivity index (χ0n) is 12.8. The van der Waals surface area contributed by atoms with E-state index in [4.69, 9.17) is 11.6 Å². The molecule has 0 bridgehead atoms. The number of alkyl halides is 1. The molecule has 5 nitrogen and oxygen atoms in total. The summed E-state index contributed by atoms with van der Waals surface area (Å²) in [6.07, 6.45) is 0.644. The molecule has 1 rings (SSSR count). The number of carbonyl (C=O) groups is 1. The summed E-state index contributed by atoms with van der Waals surface area (Å²) in [5.41, 5.74) is 0.805. The van der Waals surface area contributed by atoms with Crippen LogP contribution in [0.2, 0.25) is 0 Å². The monoisotopic (exact) mass is 312 g/mol. The van der Waals surface area contributed by atoms with E-state index in [1.165, 1.54) is 12.1 Å². The molecular formula is C15H21ClN2O3. The molecular weight excluding hydrogens is 292 g/mol. The highest BCUT2D eigenvalue weighted by Gasteiger charge is 2.27. The summed E-state index contributed by atoms with van der Waals surface area (Å²) >= 11 is 5.79. The average Bonchev–Trinajstić information content (AvgIpc) is 2.37. The van der Waals surface area contributed by atoms with Crippen LogP contribution in [-0.2, 0) is 0 Å². The minimum Gasteiger partial charge on any atom is -0.349 e. The van der Waals surface area contributed by atoms with Crippen LogP contribution in [0.1, 0.15) is 43.1 Å². The van der Waals surface area contributed by atoms with Crippen molar-refractivity contribution >= 4 is 23.2 Å². The molecule has 1 aromatic carbocycles. The van der Waals surface area contributed by atoms with E-state index in [0.29, 0.717) is 23.4 Å². The van der Waals surface area contributed by atoms with Gasteiger partial charge in [0.1, 0.15) is 0 Å². The molecule has 6 heteroatoms. The van der Waals surface area contributed by atoms with Crippen LogP contribution in [0.15, 0.2) is 18.2 Å². The fraction of sp³-hybridized carbons (Fsp3) is 0.533. The van der Waals surface area contributed by atoms with Crippen molar-refractivity contribution in [2.75, 3.05) is 5.88 Å². The van der Waals surface area contributed by atoms with Gasteiger partial charge in [-0.05, 0) is 24.3 Å². The third kappa shape index (κ3) is 4.70. The number of nitrogens with zero attached hydrogens (tertiary/aromatic N) is 1. The first-order valence-electron chi connectivity index (χ1n) is 6.78. The summed E-state index contributed by atoms with van der Waals surface area (Å²) in [6, 6.07) is 4.19. The summed E-state index contributed by atoms with van der Waals surface area (Å²) in [7, 11) is 0. The van der Waals surface area contributed by atoms with Crippen LogP contribution in [0.25, 0.3) is 0 Å². The van der Waals surface area contributed by atoms with E-state index in [2.05, 4.69) is 5.32 Å². The zero-order valence-corrected chi connectivity index (χ0v) is 13.5. The molecule has 0 saturated carbocycles. The van der Waals surface area contributed by atoms with Crippen molar-refractivity contribution in [3.05, 3.63) is 39.4 Å². The summed E-state index contributed by atoms with van der Waals surface area (Å²) in [5.74, 6) is 0.136. The summed E-state index contributed by atoms with van der Waals surface area (Å²) in [4.78, 5) is 22.7. The van der Waals surface area contributed by atoms with Crippen LogP contribution in [0.3, 0.4) is 0 Å². The number of nitro benzene ring substituents is 1. The number of nitrogens with one attached hydrogen (secondary N) is 1. The number of halogens is 1. The SMILES string of the molecule is Cc1ccc([N+](=O)[O-])cc1C(=O)NC(CCCl)C(C)(C)C. The smallest absolute Gasteiger partial charge is 0.270 e. The maximum absolute atomic E-state index is 12.4. The van der Waals surface area contributed by atoms with Gasteiger partial charge in [-0.3, -0.25) is 14.9 Å². The number of rotatable bonds is 5. The molecule has 1 N–H and O–H groups in total. The van der Waals surface area contributed by atoms with Crippen LogP contribution < -0.4 is 5.32 Å². The Bertz CT molecular complexity index is 538. The Morgan fingerprint density at radius 2 is 2.05 bits per heavy atom. The van der Waals surface area contributed by atoms with Gasteiger partial charge in [0.15, 0.2) is 0 Å². The molecule has 21 heavy (non-hydrogen) atoms. The van der Waals surface area contributed by atoms with Gasteiger partial charge in [-0.15, -0.1) is 11.6 Å². The molecule has 0 spiro atoms. The Morgan fingerprint density at radius 1 is 1.43 bits per heavy atom. The lowest BCUT2D eigenvalue weighted by Crippen LogP contribution is -2.44. The lowest BCUT2D eigenvalue weighted by Gasteiger charge is -2.31. The molecule has 1 amide bonds. The van der Waals surface area contributed by atoms with E-state index in [1.807, 2.05) is 20.8 Å². The van der Waals surface area contributed by atoms with Crippen LogP contribution in [0.4, 0.5) is 5.69 Å². The number of nitro groups is 1. The standard InChI is InChI=1S/C15H21ClN2O3/c1-10-5-6-11(18(20)21)9-12(10)14(19)17-13(7-8-16)15(2,3)4/h5-6,9,13H,7-8H2,1-4H3,(H,17,19). The maximum atomic E-state index is 12.4. The van der Waals surface area contributed by atoms with Gasteiger partial charge in [0.2, 0.25) is 0 Å². The van der Waals surface area contributed by atoms with E-state index < -0.39 is 4.92 Å². The largest absolute Gasteiger partial charge is 0.349 e. The lowest BCUT2D eigenvalue weighted by atomic mass is 9.85. The quantitative estimate of drug-likeness (QED) is 0.512. The summed E-state index contributed by atoms with van der Waals surface area (Å²) in [5, 5.41) is 13.8. The van der Waals surface area contributed by atoms with Gasteiger partial charge >= 0.3 is 0 Å². The second-order valence-corrected chi connectivity index (χ2v) is 6.50. The Kier molecular flexibility index (Phi) is 5.72. The Labute approximate surface area is 129 Å². The van der Waals surface area contributed by atoms with Crippen molar-refractivity contribution in [2.45, 2.75) is 40.2 Å². The second kappa shape index (κ2) is 6.89. The molecule has 0 aliphatic rings. The molecule has 0 aliphatic carbocycles. The van der Waals surface area contributed by atoms with Crippen LogP contribution in [-0.4, -0.2) is 22.8 Å². The van der Waals surface area contributed by atoms with E-state index in [-0.39, 0.29) is 23.1 Å². The van der Waals surface area contributed by atoms with Crippen molar-refractivity contribution in [1.29, 1.82) is 0 Å². The number of amides is 1. The van der Waals surface area contributed by atoms with Gasteiger partial charge in [0.25, 0.3) is 11.6 Å². The van der Waals surface area contributed by atoms with Crippen molar-refractivity contribution in [1.82, 2.24) is 5.32 Å². The first-order chi connectivity index (χ1) is 9.66. The third-order valence-corrected chi connectivity index (χ3v) is 3.64. The Balaban J connectivity index is 3.02. The van der Waals surface area contributed by atoms with Crippen LogP contribution in [0.5, 0.6) is 0 Å². The topological polar surface area (TPSA) is 72.2 Å². The Hall–Kier alpha value is -1.62.